The number of hydrogen-bond donors (Lipinski definition) is 1. The molecule has 1 heterocycles. The Hall–Kier alpha value is -1.51. The lowest BCUT2D eigenvalue weighted by molar-refractivity contribution is 0.258. The summed E-state index contributed by atoms with van der Waals surface area (Å²) in [5.74, 6) is 0. The van der Waals surface area contributed by atoms with Crippen molar-refractivity contribution in [3.05, 3.63) is 35.4 Å². The van der Waals surface area contributed by atoms with Crippen LogP contribution in [0.25, 0.3) is 0 Å². The first-order valence-electron chi connectivity index (χ1n) is 4.82. The van der Waals surface area contributed by atoms with Gasteiger partial charge in [0.25, 0.3) is 6.02 Å². The minimum atomic E-state index is -0.0895. The number of nitrogens with two attached hydrogens (primary N) is 1. The quantitative estimate of drug-likeness (QED) is 0.656. The van der Waals surface area contributed by atoms with E-state index in [2.05, 4.69) is 29.3 Å². The van der Waals surface area contributed by atoms with E-state index in [-0.39, 0.29) is 5.54 Å². The molecule has 1 spiro atoms. The molecule has 3 heteroatoms. The monoisotopic (exact) mass is 188 g/mol. The number of hydrogen-bond acceptors (Lipinski definition) is 3. The van der Waals surface area contributed by atoms with Crippen molar-refractivity contribution in [1.29, 1.82) is 0 Å². The van der Waals surface area contributed by atoms with Crippen molar-refractivity contribution in [3.63, 3.8) is 0 Å². The predicted molar refractivity (Wildman–Crippen MR) is 54.2 cm³/mol. The topological polar surface area (TPSA) is 47.6 Å². The number of ether oxygens (including phenoxy) is 1. The summed E-state index contributed by atoms with van der Waals surface area (Å²) in [6.07, 6.45) is 1.92. The second kappa shape index (κ2) is 2.50. The Labute approximate surface area is 82.6 Å². The van der Waals surface area contributed by atoms with E-state index >= 15 is 0 Å². The molecule has 1 aliphatic heterocycles. The van der Waals surface area contributed by atoms with Crippen LogP contribution in [0, 0.1) is 0 Å². The lowest BCUT2D eigenvalue weighted by Crippen LogP contribution is -2.28. The van der Waals surface area contributed by atoms with Crippen LogP contribution in [0.1, 0.15) is 11.1 Å². The van der Waals surface area contributed by atoms with E-state index in [0.717, 1.165) is 12.8 Å². The number of nitrogens with zero attached hydrogens (tertiary/aromatic N) is 1. The maximum Gasteiger partial charge on any atom is 0.282 e. The fourth-order valence-corrected chi connectivity index (χ4v) is 2.36. The van der Waals surface area contributed by atoms with Gasteiger partial charge in [-0.25, -0.2) is 4.99 Å². The van der Waals surface area contributed by atoms with E-state index in [4.69, 9.17) is 10.5 Å². The number of aliphatic imine (C=N–C) groups is 1. The fourth-order valence-electron chi connectivity index (χ4n) is 2.36. The van der Waals surface area contributed by atoms with Crippen molar-refractivity contribution in [1.82, 2.24) is 0 Å². The van der Waals surface area contributed by atoms with Crippen LogP contribution < -0.4 is 5.73 Å². The van der Waals surface area contributed by atoms with Gasteiger partial charge in [0, 0.05) is 12.8 Å². The van der Waals surface area contributed by atoms with Gasteiger partial charge in [-0.3, -0.25) is 0 Å². The van der Waals surface area contributed by atoms with E-state index in [9.17, 15) is 0 Å². The summed E-state index contributed by atoms with van der Waals surface area (Å²) in [5.41, 5.74) is 8.23. The van der Waals surface area contributed by atoms with Crippen LogP contribution >= 0.6 is 0 Å². The Balaban J connectivity index is 1.99. The maximum absolute atomic E-state index is 5.55. The van der Waals surface area contributed by atoms with Crippen LogP contribution in [0.4, 0.5) is 0 Å². The fraction of sp³-hybridized carbons (Fsp3) is 0.364. The van der Waals surface area contributed by atoms with E-state index in [1.54, 1.807) is 0 Å². The van der Waals surface area contributed by atoms with Gasteiger partial charge in [0.05, 0.1) is 0 Å². The summed E-state index contributed by atoms with van der Waals surface area (Å²) < 4.78 is 5.25. The van der Waals surface area contributed by atoms with E-state index in [1.807, 2.05) is 0 Å². The minimum Gasteiger partial charge on any atom is -0.463 e. The van der Waals surface area contributed by atoms with Crippen molar-refractivity contribution in [3.8, 4) is 0 Å². The molecule has 3 rings (SSSR count). The van der Waals surface area contributed by atoms with Gasteiger partial charge in [-0.1, -0.05) is 24.3 Å². The van der Waals surface area contributed by atoms with Crippen molar-refractivity contribution < 1.29 is 4.74 Å². The Bertz CT molecular complexity index is 387. The van der Waals surface area contributed by atoms with Crippen LogP contribution in [-0.4, -0.2) is 18.2 Å². The highest BCUT2D eigenvalue weighted by atomic mass is 16.5. The highest BCUT2D eigenvalue weighted by molar-refractivity contribution is 5.74. The molecule has 3 nitrogen and oxygen atoms in total. The van der Waals surface area contributed by atoms with E-state index in [1.165, 1.54) is 11.1 Å². The molecule has 0 radical (unpaired) electrons. The standard InChI is InChI=1S/C11H12N2O/c12-10-13-11(7-14-10)5-8-3-1-2-4-9(8)6-11/h1-4H,5-7H2,(H2,12,13). The number of rotatable bonds is 0. The molecule has 0 bridgehead atoms. The molecule has 1 aromatic rings. The van der Waals surface area contributed by atoms with Crippen LogP contribution in [0.5, 0.6) is 0 Å². The predicted octanol–water partition coefficient (Wildman–Crippen LogP) is 0.869. The molecule has 72 valence electrons. The van der Waals surface area contributed by atoms with Gasteiger partial charge in [0.15, 0.2) is 0 Å². The number of amidine groups is 1. The molecule has 0 fully saturated rings. The maximum atomic E-state index is 5.55. The molecule has 1 aliphatic carbocycles. The Morgan fingerprint density at radius 2 is 1.86 bits per heavy atom. The van der Waals surface area contributed by atoms with Gasteiger partial charge in [-0.05, 0) is 11.1 Å². The molecule has 0 saturated heterocycles. The van der Waals surface area contributed by atoms with E-state index in [0.29, 0.717) is 12.6 Å². The lowest BCUT2D eigenvalue weighted by Gasteiger charge is -2.15. The SMILES string of the molecule is NC1=NC2(CO1)Cc1ccccc1C2. The van der Waals surface area contributed by atoms with Gasteiger partial charge >= 0.3 is 0 Å². The third-order valence-corrected chi connectivity index (χ3v) is 2.99. The molecule has 0 saturated carbocycles. The third kappa shape index (κ3) is 1.02. The average Bonchev–Trinajstić information content (AvgIpc) is 2.69. The normalized spacial score (nSPS) is 21.9. The minimum absolute atomic E-state index is 0.0895. The first-order chi connectivity index (χ1) is 6.77. The van der Waals surface area contributed by atoms with Gasteiger partial charge in [0.2, 0.25) is 0 Å². The van der Waals surface area contributed by atoms with Crippen LogP contribution in [-0.2, 0) is 17.6 Å². The van der Waals surface area contributed by atoms with Gasteiger partial charge < -0.3 is 10.5 Å². The second-order valence-corrected chi connectivity index (χ2v) is 4.09. The van der Waals surface area contributed by atoms with Crippen molar-refractivity contribution >= 4 is 6.02 Å². The smallest absolute Gasteiger partial charge is 0.282 e. The molecule has 0 atom stereocenters. The summed E-state index contributed by atoms with van der Waals surface area (Å²) in [7, 11) is 0. The van der Waals surface area contributed by atoms with Gasteiger partial charge in [0.1, 0.15) is 12.1 Å². The number of benzene rings is 1. The van der Waals surface area contributed by atoms with Crippen molar-refractivity contribution in [2.24, 2.45) is 10.7 Å². The molecular formula is C11H12N2O. The summed E-state index contributed by atoms with van der Waals surface area (Å²) in [6.45, 7) is 0.632. The molecule has 2 aliphatic rings. The summed E-state index contributed by atoms with van der Waals surface area (Å²) in [4.78, 5) is 4.41. The zero-order valence-corrected chi connectivity index (χ0v) is 7.86. The summed E-state index contributed by atoms with van der Waals surface area (Å²) in [6, 6.07) is 8.81. The highest BCUT2D eigenvalue weighted by Gasteiger charge is 2.41. The zero-order valence-electron chi connectivity index (χ0n) is 7.86. The van der Waals surface area contributed by atoms with Gasteiger partial charge in [-0.15, -0.1) is 0 Å². The largest absolute Gasteiger partial charge is 0.463 e. The zero-order chi connectivity index (χ0) is 9.60. The first kappa shape index (κ1) is 7.85. The Kier molecular flexibility index (Phi) is 1.40. The molecule has 0 aromatic heterocycles. The summed E-state index contributed by atoms with van der Waals surface area (Å²) in [5, 5.41) is 0. The molecule has 14 heavy (non-hydrogen) atoms. The number of fused-ring (bicyclic) bond motifs is 1. The van der Waals surface area contributed by atoms with E-state index < -0.39 is 0 Å². The second-order valence-electron chi connectivity index (χ2n) is 4.09. The highest BCUT2D eigenvalue weighted by Crippen LogP contribution is 2.35. The van der Waals surface area contributed by atoms with Crippen LogP contribution in [0.3, 0.4) is 0 Å². The summed E-state index contributed by atoms with van der Waals surface area (Å²) >= 11 is 0. The first-order valence-corrected chi connectivity index (χ1v) is 4.82. The third-order valence-electron chi connectivity index (χ3n) is 2.99. The molecule has 0 unspecified atom stereocenters. The van der Waals surface area contributed by atoms with Crippen LogP contribution in [0.2, 0.25) is 0 Å². The van der Waals surface area contributed by atoms with Crippen molar-refractivity contribution in [2.45, 2.75) is 18.4 Å². The molecule has 1 aromatic carbocycles. The average molecular weight is 188 g/mol. The molecular weight excluding hydrogens is 176 g/mol. The Morgan fingerprint density at radius 1 is 1.21 bits per heavy atom. The Morgan fingerprint density at radius 3 is 2.36 bits per heavy atom. The van der Waals surface area contributed by atoms with Crippen molar-refractivity contribution in [2.75, 3.05) is 6.61 Å². The van der Waals surface area contributed by atoms with Crippen LogP contribution in [0.15, 0.2) is 29.3 Å². The lowest BCUT2D eigenvalue weighted by atomic mass is 9.99. The van der Waals surface area contributed by atoms with Gasteiger partial charge in [-0.2, -0.15) is 0 Å². The molecule has 2 N–H and O–H groups in total. The molecule has 0 amide bonds.